The molecule has 11 heteroatoms. The largest absolute Gasteiger partial charge is 0.497 e. The highest BCUT2D eigenvalue weighted by Crippen LogP contribution is 2.30. The standard InChI is InChI=1S/C29H32FN5O3S2/c1-21-26(33-24-12-14-34(15-13-24)17-22-6-4-3-5-7-22)16-31-29(28(21)30)40(36,37)35(27-19-39-20-32-27)18-23-8-10-25(38-2)11-9-23/h3-11,16,19-20,24,33H,12-15,17-18H2,1-2H3. The average molecular weight is 582 g/mol. The van der Waals surface area contributed by atoms with E-state index in [0.717, 1.165) is 36.8 Å². The summed E-state index contributed by atoms with van der Waals surface area (Å²) < 4.78 is 49.5. The summed E-state index contributed by atoms with van der Waals surface area (Å²) in [6.45, 7) is 4.29. The third kappa shape index (κ3) is 6.27. The normalized spacial score (nSPS) is 14.7. The molecule has 8 nitrogen and oxygen atoms in total. The van der Waals surface area contributed by atoms with Crippen LogP contribution in [-0.2, 0) is 23.1 Å². The van der Waals surface area contributed by atoms with Crippen LogP contribution < -0.4 is 14.4 Å². The number of pyridine rings is 1. The van der Waals surface area contributed by atoms with Crippen LogP contribution in [0.4, 0.5) is 15.9 Å². The first-order chi connectivity index (χ1) is 19.3. The number of benzene rings is 2. The topological polar surface area (TPSA) is 87.7 Å². The Morgan fingerprint density at radius 3 is 2.45 bits per heavy atom. The van der Waals surface area contributed by atoms with E-state index < -0.39 is 20.9 Å². The second-order valence-corrected chi connectivity index (χ2v) is 12.3. The first-order valence-electron chi connectivity index (χ1n) is 13.1. The van der Waals surface area contributed by atoms with Crippen LogP contribution in [0.1, 0.15) is 29.5 Å². The fourth-order valence-electron chi connectivity index (χ4n) is 4.80. The SMILES string of the molecule is COc1ccc(CN(c2cscn2)S(=O)(=O)c2ncc(NC3CCN(Cc4ccccc4)CC3)c(C)c2F)cc1. The molecule has 0 radical (unpaired) electrons. The first kappa shape index (κ1) is 28.0. The van der Waals surface area contributed by atoms with Gasteiger partial charge in [0.05, 0.1) is 31.0 Å². The molecule has 0 aliphatic carbocycles. The molecule has 0 bridgehead atoms. The van der Waals surface area contributed by atoms with Gasteiger partial charge >= 0.3 is 0 Å². The summed E-state index contributed by atoms with van der Waals surface area (Å²) in [7, 11) is -2.79. The highest BCUT2D eigenvalue weighted by molar-refractivity contribution is 7.92. The van der Waals surface area contributed by atoms with E-state index in [0.29, 0.717) is 17.0 Å². The van der Waals surface area contributed by atoms with Crippen molar-refractivity contribution in [2.24, 2.45) is 0 Å². The fraction of sp³-hybridized carbons (Fsp3) is 0.310. The van der Waals surface area contributed by atoms with Crippen LogP contribution in [-0.4, -0.2) is 49.5 Å². The molecule has 1 saturated heterocycles. The number of rotatable bonds is 10. The summed E-state index contributed by atoms with van der Waals surface area (Å²) in [5.74, 6) is 0.00529. The Morgan fingerprint density at radius 1 is 1.07 bits per heavy atom. The van der Waals surface area contributed by atoms with E-state index >= 15 is 4.39 Å². The van der Waals surface area contributed by atoms with Crippen molar-refractivity contribution in [3.8, 4) is 5.75 Å². The Kier molecular flexibility index (Phi) is 8.63. The number of hydrogen-bond acceptors (Lipinski definition) is 8. The minimum absolute atomic E-state index is 0.0300. The predicted molar refractivity (Wildman–Crippen MR) is 156 cm³/mol. The lowest BCUT2D eigenvalue weighted by atomic mass is 10.0. The van der Waals surface area contributed by atoms with Crippen molar-refractivity contribution in [2.75, 3.05) is 29.8 Å². The van der Waals surface area contributed by atoms with Crippen LogP contribution in [0.5, 0.6) is 5.75 Å². The molecule has 4 aromatic rings. The molecule has 210 valence electrons. The summed E-state index contributed by atoms with van der Waals surface area (Å²) in [6.07, 6.45) is 3.22. The Morgan fingerprint density at radius 2 is 1.80 bits per heavy atom. The van der Waals surface area contributed by atoms with Gasteiger partial charge in [0, 0.05) is 36.6 Å². The van der Waals surface area contributed by atoms with Gasteiger partial charge in [-0.3, -0.25) is 4.90 Å². The zero-order valence-electron chi connectivity index (χ0n) is 22.5. The fourth-order valence-corrected chi connectivity index (χ4v) is 6.84. The molecule has 0 atom stereocenters. The van der Waals surface area contributed by atoms with Crippen molar-refractivity contribution >= 4 is 32.9 Å². The molecule has 0 amide bonds. The smallest absolute Gasteiger partial charge is 0.286 e. The Hall–Kier alpha value is -3.54. The van der Waals surface area contributed by atoms with E-state index in [9.17, 15) is 8.42 Å². The molecular formula is C29H32FN5O3S2. The lowest BCUT2D eigenvalue weighted by Gasteiger charge is -2.33. The van der Waals surface area contributed by atoms with Crippen LogP contribution in [0.2, 0.25) is 0 Å². The molecule has 0 unspecified atom stereocenters. The molecular weight excluding hydrogens is 549 g/mol. The van der Waals surface area contributed by atoms with Crippen LogP contribution >= 0.6 is 11.3 Å². The van der Waals surface area contributed by atoms with Gasteiger partial charge in [-0.2, -0.15) is 8.42 Å². The zero-order chi connectivity index (χ0) is 28.1. The van der Waals surface area contributed by atoms with Gasteiger partial charge in [0.2, 0.25) is 5.03 Å². The number of nitrogens with zero attached hydrogens (tertiary/aromatic N) is 4. The van der Waals surface area contributed by atoms with Gasteiger partial charge in [0.25, 0.3) is 10.0 Å². The second-order valence-electron chi connectivity index (χ2n) is 9.80. The van der Waals surface area contributed by atoms with Gasteiger partial charge in [0.15, 0.2) is 11.6 Å². The van der Waals surface area contributed by atoms with Crippen molar-refractivity contribution in [3.63, 3.8) is 0 Å². The maximum absolute atomic E-state index is 15.7. The molecule has 1 aliphatic rings. The number of piperidine rings is 1. The van der Waals surface area contributed by atoms with E-state index in [-0.39, 0.29) is 24.0 Å². The Labute approximate surface area is 238 Å². The summed E-state index contributed by atoms with van der Waals surface area (Å²) in [5, 5.41) is 4.40. The van der Waals surface area contributed by atoms with Gasteiger partial charge < -0.3 is 10.1 Å². The van der Waals surface area contributed by atoms with E-state index in [1.807, 2.05) is 18.2 Å². The summed E-state index contributed by atoms with van der Waals surface area (Å²) >= 11 is 1.26. The minimum atomic E-state index is -4.35. The molecule has 1 aliphatic heterocycles. The minimum Gasteiger partial charge on any atom is -0.497 e. The van der Waals surface area contributed by atoms with E-state index in [4.69, 9.17) is 4.74 Å². The van der Waals surface area contributed by atoms with Crippen molar-refractivity contribution < 1.29 is 17.5 Å². The van der Waals surface area contributed by atoms with E-state index in [1.165, 1.54) is 23.1 Å². The molecule has 2 aromatic carbocycles. The number of sulfonamides is 1. The molecule has 40 heavy (non-hydrogen) atoms. The third-order valence-electron chi connectivity index (χ3n) is 7.12. The van der Waals surface area contributed by atoms with E-state index in [1.54, 1.807) is 49.2 Å². The lowest BCUT2D eigenvalue weighted by Crippen LogP contribution is -2.38. The van der Waals surface area contributed by atoms with Gasteiger partial charge in [-0.25, -0.2) is 18.7 Å². The van der Waals surface area contributed by atoms with Crippen LogP contribution in [0, 0.1) is 12.7 Å². The monoisotopic (exact) mass is 581 g/mol. The molecule has 0 saturated carbocycles. The van der Waals surface area contributed by atoms with Crippen molar-refractivity contribution in [2.45, 2.75) is 43.9 Å². The number of methoxy groups -OCH3 is 1. The van der Waals surface area contributed by atoms with Gasteiger partial charge in [-0.15, -0.1) is 11.3 Å². The number of halogens is 1. The molecule has 1 fully saturated rings. The molecule has 5 rings (SSSR count). The first-order valence-corrected chi connectivity index (χ1v) is 15.4. The number of hydrogen-bond donors (Lipinski definition) is 1. The van der Waals surface area contributed by atoms with Crippen LogP contribution in [0.3, 0.4) is 0 Å². The molecule has 3 heterocycles. The molecule has 0 spiro atoms. The number of ether oxygens (including phenoxy) is 1. The highest BCUT2D eigenvalue weighted by Gasteiger charge is 2.32. The van der Waals surface area contributed by atoms with Crippen molar-refractivity contribution in [1.82, 2.24) is 14.9 Å². The average Bonchev–Trinajstić information content (AvgIpc) is 3.50. The number of aromatic nitrogens is 2. The third-order valence-corrected chi connectivity index (χ3v) is 9.37. The lowest BCUT2D eigenvalue weighted by molar-refractivity contribution is 0.211. The number of thiazole rings is 1. The molecule has 2 aromatic heterocycles. The summed E-state index contributed by atoms with van der Waals surface area (Å²) in [6, 6.07) is 17.5. The van der Waals surface area contributed by atoms with Gasteiger partial charge in [-0.1, -0.05) is 42.5 Å². The van der Waals surface area contributed by atoms with Crippen LogP contribution in [0.25, 0.3) is 0 Å². The number of nitrogens with one attached hydrogen (secondary N) is 1. The Bertz CT molecular complexity index is 1510. The highest BCUT2D eigenvalue weighted by atomic mass is 32.2. The number of anilines is 2. The zero-order valence-corrected chi connectivity index (χ0v) is 24.1. The van der Waals surface area contributed by atoms with Gasteiger partial charge in [0.1, 0.15) is 5.75 Å². The maximum Gasteiger partial charge on any atom is 0.286 e. The van der Waals surface area contributed by atoms with Crippen LogP contribution in [0.15, 0.2) is 76.7 Å². The maximum atomic E-state index is 15.7. The summed E-state index contributed by atoms with van der Waals surface area (Å²) in [5.41, 5.74) is 4.26. The van der Waals surface area contributed by atoms with Crippen molar-refractivity contribution in [3.05, 3.63) is 94.2 Å². The quantitative estimate of drug-likeness (QED) is 0.266. The summed E-state index contributed by atoms with van der Waals surface area (Å²) in [4.78, 5) is 10.7. The van der Waals surface area contributed by atoms with E-state index in [2.05, 4.69) is 32.3 Å². The Balaban J connectivity index is 1.31. The number of likely N-dealkylation sites (tertiary alicyclic amines) is 1. The van der Waals surface area contributed by atoms with Gasteiger partial charge in [-0.05, 0) is 43.0 Å². The molecule has 1 N–H and O–H groups in total. The predicted octanol–water partition coefficient (Wildman–Crippen LogP) is 5.47. The second kappa shape index (κ2) is 12.3. The van der Waals surface area contributed by atoms with Crippen molar-refractivity contribution in [1.29, 1.82) is 0 Å².